The van der Waals surface area contributed by atoms with E-state index in [1.54, 1.807) is 0 Å². The second-order valence-electron chi connectivity index (χ2n) is 4.45. The lowest BCUT2D eigenvalue weighted by Gasteiger charge is -1.98. The fourth-order valence-electron chi connectivity index (χ4n) is 2.28. The third kappa shape index (κ3) is 2.03. The van der Waals surface area contributed by atoms with Crippen LogP contribution in [-0.2, 0) is 13.1 Å². The molecule has 0 fully saturated rings. The van der Waals surface area contributed by atoms with Gasteiger partial charge in [-0.15, -0.1) is 0 Å². The van der Waals surface area contributed by atoms with Gasteiger partial charge in [-0.1, -0.05) is 35.3 Å². The number of rotatable bonds is 3. The van der Waals surface area contributed by atoms with Crippen molar-refractivity contribution in [2.75, 3.05) is 5.73 Å². The van der Waals surface area contributed by atoms with Crippen LogP contribution in [0.2, 0.25) is 0 Å². The highest BCUT2D eigenvalue weighted by molar-refractivity contribution is 5.79. The molecule has 0 aliphatic rings. The third-order valence-electron chi connectivity index (χ3n) is 3.21. The Balaban J connectivity index is 2.12. The zero-order valence-electron chi connectivity index (χ0n) is 10.8. The predicted molar refractivity (Wildman–Crippen MR) is 73.4 cm³/mol. The molecule has 0 radical (unpaired) electrons. The standard InChI is InChI=1S/C14H16N5/c1-2-18-10-19(8-11-6-4-3-5-7-11)14-12(18)13(15)16-9-17-14/h3-7,9-10H,2,8H2,1H3,(H2,15,16,17)/q+1. The largest absolute Gasteiger partial charge is 0.380 e. The number of hydrogen-bond acceptors (Lipinski definition) is 3. The first-order valence-corrected chi connectivity index (χ1v) is 6.32. The molecule has 0 saturated heterocycles. The van der Waals surface area contributed by atoms with Crippen molar-refractivity contribution >= 4 is 17.0 Å². The SMILES string of the molecule is CCn1c[n+](Cc2ccccc2)c2ncnc(N)c21. The maximum absolute atomic E-state index is 5.95. The van der Waals surface area contributed by atoms with Gasteiger partial charge >= 0.3 is 5.65 Å². The fourth-order valence-corrected chi connectivity index (χ4v) is 2.28. The highest BCUT2D eigenvalue weighted by Gasteiger charge is 2.18. The Kier molecular flexibility index (Phi) is 2.87. The van der Waals surface area contributed by atoms with Gasteiger partial charge in [-0.05, 0) is 12.5 Å². The van der Waals surface area contributed by atoms with Gasteiger partial charge in [-0.3, -0.25) is 4.57 Å². The Labute approximate surface area is 111 Å². The Bertz CT molecular complexity index is 702. The number of nitrogens with two attached hydrogens (primary N) is 1. The first kappa shape index (κ1) is 11.6. The van der Waals surface area contributed by atoms with E-state index in [0.29, 0.717) is 5.82 Å². The molecule has 5 heteroatoms. The molecule has 3 aromatic rings. The lowest BCUT2D eigenvalue weighted by molar-refractivity contribution is -0.665. The molecule has 0 aliphatic carbocycles. The van der Waals surface area contributed by atoms with E-state index in [9.17, 15) is 0 Å². The molecule has 2 N–H and O–H groups in total. The van der Waals surface area contributed by atoms with E-state index >= 15 is 0 Å². The average Bonchev–Trinajstić information content (AvgIpc) is 2.80. The number of aryl methyl sites for hydroxylation is 1. The van der Waals surface area contributed by atoms with Crippen molar-refractivity contribution < 1.29 is 4.57 Å². The summed E-state index contributed by atoms with van der Waals surface area (Å²) in [7, 11) is 0. The van der Waals surface area contributed by atoms with Crippen LogP contribution in [0.4, 0.5) is 5.82 Å². The Morgan fingerprint density at radius 2 is 2.00 bits per heavy atom. The number of nitrogens with zero attached hydrogens (tertiary/aromatic N) is 4. The van der Waals surface area contributed by atoms with Crippen LogP contribution in [0.1, 0.15) is 12.5 Å². The minimum absolute atomic E-state index is 0.527. The summed E-state index contributed by atoms with van der Waals surface area (Å²) in [4.78, 5) is 8.43. The van der Waals surface area contributed by atoms with E-state index in [-0.39, 0.29) is 0 Å². The van der Waals surface area contributed by atoms with Crippen LogP contribution in [0.15, 0.2) is 43.0 Å². The summed E-state index contributed by atoms with van der Waals surface area (Å²) in [6.45, 7) is 3.70. The van der Waals surface area contributed by atoms with Crippen molar-refractivity contribution in [2.45, 2.75) is 20.0 Å². The van der Waals surface area contributed by atoms with Crippen LogP contribution in [0, 0.1) is 0 Å². The van der Waals surface area contributed by atoms with Crippen molar-refractivity contribution in [3.05, 3.63) is 48.5 Å². The van der Waals surface area contributed by atoms with Gasteiger partial charge in [0.25, 0.3) is 0 Å². The van der Waals surface area contributed by atoms with Gasteiger partial charge in [0.15, 0.2) is 18.5 Å². The molecule has 2 aromatic heterocycles. The fraction of sp³-hybridized carbons (Fsp3) is 0.214. The topological polar surface area (TPSA) is 60.6 Å². The highest BCUT2D eigenvalue weighted by atomic mass is 15.2. The predicted octanol–water partition coefficient (Wildman–Crippen LogP) is 1.37. The molecule has 0 amide bonds. The molecule has 96 valence electrons. The zero-order valence-corrected chi connectivity index (χ0v) is 10.8. The van der Waals surface area contributed by atoms with Crippen molar-refractivity contribution in [1.82, 2.24) is 14.5 Å². The molecule has 5 nitrogen and oxygen atoms in total. The molecular weight excluding hydrogens is 238 g/mol. The van der Waals surface area contributed by atoms with E-state index in [1.165, 1.54) is 11.9 Å². The summed E-state index contributed by atoms with van der Waals surface area (Å²) in [6.07, 6.45) is 3.56. The number of benzene rings is 1. The van der Waals surface area contributed by atoms with Gasteiger partial charge in [0.1, 0.15) is 0 Å². The van der Waals surface area contributed by atoms with Gasteiger partial charge in [-0.2, -0.15) is 4.98 Å². The van der Waals surface area contributed by atoms with Gasteiger partial charge in [0.2, 0.25) is 5.52 Å². The minimum atomic E-state index is 0.527. The summed E-state index contributed by atoms with van der Waals surface area (Å²) in [6, 6.07) is 10.3. The Morgan fingerprint density at radius 1 is 1.21 bits per heavy atom. The minimum Gasteiger partial charge on any atom is -0.380 e. The van der Waals surface area contributed by atoms with Crippen LogP contribution in [0.3, 0.4) is 0 Å². The second kappa shape index (κ2) is 4.68. The summed E-state index contributed by atoms with van der Waals surface area (Å²) < 4.78 is 4.18. The van der Waals surface area contributed by atoms with Crippen molar-refractivity contribution in [3.8, 4) is 0 Å². The molecule has 0 bridgehead atoms. The monoisotopic (exact) mass is 254 g/mol. The first-order chi connectivity index (χ1) is 9.29. The molecular formula is C14H16N5+. The van der Waals surface area contributed by atoms with E-state index in [2.05, 4.69) is 38.2 Å². The maximum Gasteiger partial charge on any atom is 0.307 e. The summed E-state index contributed by atoms with van der Waals surface area (Å²) >= 11 is 0. The van der Waals surface area contributed by atoms with Crippen LogP contribution < -0.4 is 10.3 Å². The van der Waals surface area contributed by atoms with Crippen LogP contribution in [0.5, 0.6) is 0 Å². The van der Waals surface area contributed by atoms with Crippen molar-refractivity contribution in [1.29, 1.82) is 0 Å². The van der Waals surface area contributed by atoms with E-state index in [0.717, 1.165) is 24.3 Å². The molecule has 0 saturated carbocycles. The molecule has 19 heavy (non-hydrogen) atoms. The second-order valence-corrected chi connectivity index (χ2v) is 4.45. The third-order valence-corrected chi connectivity index (χ3v) is 3.21. The number of nitrogen functional groups attached to an aromatic ring is 1. The van der Waals surface area contributed by atoms with E-state index in [4.69, 9.17) is 5.73 Å². The number of hydrogen-bond donors (Lipinski definition) is 1. The van der Waals surface area contributed by atoms with Gasteiger partial charge in [0.05, 0.1) is 13.1 Å². The molecule has 0 atom stereocenters. The Hall–Kier alpha value is -2.43. The number of fused-ring (bicyclic) bond motifs is 1. The van der Waals surface area contributed by atoms with Gasteiger partial charge in [0, 0.05) is 0 Å². The maximum atomic E-state index is 5.95. The zero-order chi connectivity index (χ0) is 13.2. The molecule has 2 heterocycles. The summed E-state index contributed by atoms with van der Waals surface area (Å²) in [5.74, 6) is 0.527. The normalized spacial score (nSPS) is 11.0. The lowest BCUT2D eigenvalue weighted by atomic mass is 10.2. The number of aromatic nitrogens is 4. The molecule has 1 aromatic carbocycles. The smallest absolute Gasteiger partial charge is 0.307 e. The van der Waals surface area contributed by atoms with Gasteiger partial charge < -0.3 is 5.73 Å². The van der Waals surface area contributed by atoms with Crippen molar-refractivity contribution in [2.24, 2.45) is 0 Å². The highest BCUT2D eigenvalue weighted by Crippen LogP contribution is 2.14. The Morgan fingerprint density at radius 3 is 2.74 bits per heavy atom. The van der Waals surface area contributed by atoms with Crippen molar-refractivity contribution in [3.63, 3.8) is 0 Å². The van der Waals surface area contributed by atoms with Crippen LogP contribution in [0.25, 0.3) is 11.2 Å². The summed E-state index contributed by atoms with van der Waals surface area (Å²) in [5.41, 5.74) is 8.97. The van der Waals surface area contributed by atoms with Gasteiger partial charge in [-0.25, -0.2) is 4.57 Å². The van der Waals surface area contributed by atoms with E-state index < -0.39 is 0 Å². The molecule has 0 aliphatic heterocycles. The first-order valence-electron chi connectivity index (χ1n) is 6.32. The van der Waals surface area contributed by atoms with E-state index in [1.807, 2.05) is 24.5 Å². The molecule has 0 unspecified atom stereocenters. The van der Waals surface area contributed by atoms with Crippen LogP contribution in [-0.4, -0.2) is 14.5 Å². The lowest BCUT2D eigenvalue weighted by Crippen LogP contribution is -2.33. The quantitative estimate of drug-likeness (QED) is 0.718. The number of anilines is 1. The molecule has 0 spiro atoms. The number of imidazole rings is 1. The van der Waals surface area contributed by atoms with Crippen LogP contribution >= 0.6 is 0 Å². The molecule has 3 rings (SSSR count). The average molecular weight is 254 g/mol. The summed E-state index contributed by atoms with van der Waals surface area (Å²) in [5, 5.41) is 0.